The van der Waals surface area contributed by atoms with Crippen molar-refractivity contribution in [1.29, 1.82) is 0 Å². The van der Waals surface area contributed by atoms with Crippen LogP contribution in [0.5, 0.6) is 5.75 Å². The van der Waals surface area contributed by atoms with Crippen LogP contribution in [0.4, 0.5) is 0 Å². The van der Waals surface area contributed by atoms with E-state index in [9.17, 15) is 0 Å². The van der Waals surface area contributed by atoms with Crippen molar-refractivity contribution in [1.82, 2.24) is 4.90 Å². The molecule has 0 spiro atoms. The third-order valence-electron chi connectivity index (χ3n) is 2.85. The molecule has 0 unspecified atom stereocenters. The number of nitrogens with zero attached hydrogens (tertiary/aromatic N) is 1. The average molecular weight is 298 g/mol. The molecular weight excluding hydrogens is 276 g/mol. The van der Waals surface area contributed by atoms with Crippen LogP contribution in [0, 0.1) is 0 Å². The Morgan fingerprint density at radius 2 is 1.95 bits per heavy atom. The van der Waals surface area contributed by atoms with E-state index >= 15 is 0 Å². The Morgan fingerprint density at radius 3 is 2.60 bits per heavy atom. The number of hydrogen-bond donors (Lipinski definition) is 2. The number of nitrogens with two attached hydrogens (primary N) is 1. The van der Waals surface area contributed by atoms with Gasteiger partial charge in [-0.2, -0.15) is 0 Å². The van der Waals surface area contributed by atoms with E-state index in [1.165, 1.54) is 0 Å². The number of para-hydroxylation sites is 1. The maximum absolute atomic E-state index is 9.01. The van der Waals surface area contributed by atoms with Gasteiger partial charge in [0.15, 0.2) is 0 Å². The lowest BCUT2D eigenvalue weighted by atomic mass is 10.2. The van der Waals surface area contributed by atoms with Crippen molar-refractivity contribution in [3.05, 3.63) is 29.8 Å². The molecule has 1 rings (SSSR count). The van der Waals surface area contributed by atoms with Gasteiger partial charge in [0.05, 0.1) is 18.8 Å². The molecule has 0 aromatic heterocycles. The van der Waals surface area contributed by atoms with Gasteiger partial charge in [-0.15, -0.1) is 0 Å². The van der Waals surface area contributed by atoms with Gasteiger partial charge >= 0.3 is 0 Å². The van der Waals surface area contributed by atoms with Crippen LogP contribution in [0.1, 0.15) is 5.56 Å². The number of rotatable bonds is 10. The number of methoxy groups -OCH3 is 1. The van der Waals surface area contributed by atoms with Crippen LogP contribution >= 0.6 is 12.2 Å². The molecule has 0 fully saturated rings. The SMILES string of the molecule is COCCN(CCO)CCOc1ccccc1C(N)=S. The Morgan fingerprint density at radius 1 is 1.25 bits per heavy atom. The fourth-order valence-corrected chi connectivity index (χ4v) is 1.95. The Hall–Kier alpha value is -1.21. The summed E-state index contributed by atoms with van der Waals surface area (Å²) in [4.78, 5) is 2.40. The van der Waals surface area contributed by atoms with Crippen molar-refractivity contribution >= 4 is 17.2 Å². The van der Waals surface area contributed by atoms with Crippen molar-refractivity contribution in [3.8, 4) is 5.75 Å². The van der Waals surface area contributed by atoms with E-state index in [1.54, 1.807) is 7.11 Å². The van der Waals surface area contributed by atoms with Crippen LogP contribution in [0.25, 0.3) is 0 Å². The molecule has 20 heavy (non-hydrogen) atoms. The van der Waals surface area contributed by atoms with E-state index in [1.807, 2.05) is 24.3 Å². The second kappa shape index (κ2) is 9.66. The first kappa shape index (κ1) is 16.8. The zero-order valence-electron chi connectivity index (χ0n) is 11.7. The molecule has 112 valence electrons. The van der Waals surface area contributed by atoms with E-state index in [4.69, 9.17) is 32.5 Å². The summed E-state index contributed by atoms with van der Waals surface area (Å²) in [5.74, 6) is 0.690. The Labute approximate surface area is 125 Å². The number of aliphatic hydroxyl groups is 1. The smallest absolute Gasteiger partial charge is 0.129 e. The van der Waals surface area contributed by atoms with Gasteiger partial charge in [0.2, 0.25) is 0 Å². The lowest BCUT2D eigenvalue weighted by molar-refractivity contribution is 0.118. The van der Waals surface area contributed by atoms with Gasteiger partial charge in [-0.3, -0.25) is 4.90 Å². The molecule has 0 amide bonds. The highest BCUT2D eigenvalue weighted by molar-refractivity contribution is 7.80. The van der Waals surface area contributed by atoms with Gasteiger partial charge in [0.1, 0.15) is 17.3 Å². The van der Waals surface area contributed by atoms with Crippen LogP contribution in [0.15, 0.2) is 24.3 Å². The summed E-state index contributed by atoms with van der Waals surface area (Å²) in [6.45, 7) is 3.32. The van der Waals surface area contributed by atoms with Crippen molar-refractivity contribution in [2.75, 3.05) is 46.6 Å². The minimum absolute atomic E-state index is 0.118. The number of hydrogen-bond acceptors (Lipinski definition) is 5. The van der Waals surface area contributed by atoms with Crippen molar-refractivity contribution < 1.29 is 14.6 Å². The molecule has 3 N–H and O–H groups in total. The van der Waals surface area contributed by atoms with Crippen LogP contribution < -0.4 is 10.5 Å². The third-order valence-corrected chi connectivity index (χ3v) is 3.07. The number of thiocarbonyl (C=S) groups is 1. The maximum atomic E-state index is 9.01. The highest BCUT2D eigenvalue weighted by atomic mass is 32.1. The predicted molar refractivity (Wildman–Crippen MR) is 83.2 cm³/mol. The molecule has 0 radical (unpaired) electrons. The maximum Gasteiger partial charge on any atom is 0.129 e. The number of ether oxygens (including phenoxy) is 2. The zero-order chi connectivity index (χ0) is 14.8. The van der Waals surface area contributed by atoms with Gasteiger partial charge in [0.25, 0.3) is 0 Å². The molecule has 0 aliphatic rings. The molecule has 1 aromatic rings. The number of aliphatic hydroxyl groups excluding tert-OH is 1. The van der Waals surface area contributed by atoms with Gasteiger partial charge in [0, 0.05) is 26.7 Å². The fourth-order valence-electron chi connectivity index (χ4n) is 1.78. The van der Waals surface area contributed by atoms with E-state index in [0.29, 0.717) is 37.0 Å². The zero-order valence-corrected chi connectivity index (χ0v) is 12.6. The molecule has 0 saturated carbocycles. The van der Waals surface area contributed by atoms with E-state index in [0.717, 1.165) is 12.1 Å². The standard InChI is InChI=1S/C14H22N2O3S/c1-18-10-7-16(6-9-17)8-11-19-13-5-3-2-4-12(13)14(15)20/h2-5,17H,6-11H2,1H3,(H2,15,20). The Bertz CT molecular complexity index is 415. The lowest BCUT2D eigenvalue weighted by Gasteiger charge is -2.21. The van der Waals surface area contributed by atoms with E-state index in [2.05, 4.69) is 4.90 Å². The average Bonchev–Trinajstić information content (AvgIpc) is 2.45. The first-order valence-electron chi connectivity index (χ1n) is 6.52. The molecular formula is C14H22N2O3S. The third kappa shape index (κ3) is 5.83. The molecule has 0 atom stereocenters. The fraction of sp³-hybridized carbons (Fsp3) is 0.500. The highest BCUT2D eigenvalue weighted by Gasteiger charge is 2.07. The molecule has 0 saturated heterocycles. The summed E-state index contributed by atoms with van der Waals surface area (Å²) < 4.78 is 10.8. The second-order valence-corrected chi connectivity index (χ2v) is 4.71. The molecule has 0 aliphatic carbocycles. The van der Waals surface area contributed by atoms with Crippen molar-refractivity contribution in [2.45, 2.75) is 0 Å². The molecule has 0 bridgehead atoms. The monoisotopic (exact) mass is 298 g/mol. The van der Waals surface area contributed by atoms with Crippen molar-refractivity contribution in [3.63, 3.8) is 0 Å². The van der Waals surface area contributed by atoms with Gasteiger partial charge in [-0.05, 0) is 12.1 Å². The first-order chi connectivity index (χ1) is 9.69. The molecule has 1 aromatic carbocycles. The Kier molecular flexibility index (Phi) is 8.13. The molecule has 0 aliphatic heterocycles. The van der Waals surface area contributed by atoms with E-state index in [-0.39, 0.29) is 6.61 Å². The number of benzene rings is 1. The summed E-state index contributed by atoms with van der Waals surface area (Å²) in [5, 5.41) is 9.01. The van der Waals surface area contributed by atoms with Crippen molar-refractivity contribution in [2.24, 2.45) is 5.73 Å². The summed E-state index contributed by atoms with van der Waals surface area (Å²) in [6.07, 6.45) is 0. The largest absolute Gasteiger partial charge is 0.492 e. The van der Waals surface area contributed by atoms with Crippen LogP contribution in [-0.4, -0.2) is 61.6 Å². The summed E-state index contributed by atoms with van der Waals surface area (Å²) in [7, 11) is 1.66. The van der Waals surface area contributed by atoms with Gasteiger partial charge in [-0.1, -0.05) is 24.4 Å². The summed E-state index contributed by atoms with van der Waals surface area (Å²) in [5.41, 5.74) is 6.39. The Balaban J connectivity index is 2.47. The van der Waals surface area contributed by atoms with E-state index < -0.39 is 0 Å². The van der Waals surface area contributed by atoms with Crippen LogP contribution in [0.3, 0.4) is 0 Å². The minimum atomic E-state index is 0.118. The summed E-state index contributed by atoms with van der Waals surface area (Å²) >= 11 is 4.99. The quantitative estimate of drug-likeness (QED) is 0.618. The molecule has 5 nitrogen and oxygen atoms in total. The summed E-state index contributed by atoms with van der Waals surface area (Å²) in [6, 6.07) is 7.44. The minimum Gasteiger partial charge on any atom is -0.492 e. The second-order valence-electron chi connectivity index (χ2n) is 4.27. The topological polar surface area (TPSA) is 68.0 Å². The van der Waals surface area contributed by atoms with Crippen LogP contribution in [0.2, 0.25) is 0 Å². The normalized spacial score (nSPS) is 10.8. The van der Waals surface area contributed by atoms with Gasteiger partial charge < -0.3 is 20.3 Å². The van der Waals surface area contributed by atoms with Gasteiger partial charge in [-0.25, -0.2) is 0 Å². The van der Waals surface area contributed by atoms with Crippen LogP contribution in [-0.2, 0) is 4.74 Å². The molecule has 0 heterocycles. The molecule has 6 heteroatoms. The highest BCUT2D eigenvalue weighted by Crippen LogP contribution is 2.17. The lowest BCUT2D eigenvalue weighted by Crippen LogP contribution is -2.34. The predicted octanol–water partition coefficient (Wildman–Crippen LogP) is 0.640. The first-order valence-corrected chi connectivity index (χ1v) is 6.93.